The Morgan fingerprint density at radius 1 is 1.00 bits per heavy atom. The molecule has 0 radical (unpaired) electrons. The van der Waals surface area contributed by atoms with E-state index in [0.29, 0.717) is 42.8 Å². The van der Waals surface area contributed by atoms with Gasteiger partial charge in [0, 0.05) is 38.0 Å². The lowest BCUT2D eigenvalue weighted by Gasteiger charge is -2.34. The maximum Gasteiger partial charge on any atom is 0.416 e. The number of alkyl halides is 3. The molecular weight excluding hydrogens is 567 g/mol. The van der Waals surface area contributed by atoms with Crippen molar-refractivity contribution >= 4 is 38.1 Å². The van der Waals surface area contributed by atoms with Crippen molar-refractivity contribution in [1.82, 2.24) is 9.29 Å². The van der Waals surface area contributed by atoms with Crippen LogP contribution in [0.5, 0.6) is 17.2 Å². The Kier molecular flexibility index (Phi) is 8.31. The SMILES string of the molecule is COc1cc(Cc2csc(N3CCN(S(=O)(=O)c4cc(C(F)(F)F)ccc4Cl)CC3)n2)cc(OC)c1OC. The molecular formula is C24H25ClF3N3O5S2. The summed E-state index contributed by atoms with van der Waals surface area (Å²) < 4.78 is 82.9. The maximum atomic E-state index is 13.1. The maximum absolute atomic E-state index is 13.1. The van der Waals surface area contributed by atoms with Gasteiger partial charge in [-0.2, -0.15) is 17.5 Å². The fourth-order valence-corrected chi connectivity index (χ4v) is 6.91. The summed E-state index contributed by atoms with van der Waals surface area (Å²) in [5.74, 6) is 1.57. The predicted octanol–water partition coefficient (Wildman–Crippen LogP) is 4.94. The van der Waals surface area contributed by atoms with Gasteiger partial charge in [-0.15, -0.1) is 11.3 Å². The Morgan fingerprint density at radius 2 is 1.63 bits per heavy atom. The molecule has 0 atom stereocenters. The molecule has 0 N–H and O–H groups in total. The van der Waals surface area contributed by atoms with Crippen molar-refractivity contribution in [2.45, 2.75) is 17.5 Å². The van der Waals surface area contributed by atoms with Crippen molar-refractivity contribution in [2.24, 2.45) is 0 Å². The molecule has 206 valence electrons. The molecule has 1 aliphatic heterocycles. The third-order valence-electron chi connectivity index (χ3n) is 6.03. The molecule has 14 heteroatoms. The van der Waals surface area contributed by atoms with Gasteiger partial charge in [0.25, 0.3) is 0 Å². The van der Waals surface area contributed by atoms with Gasteiger partial charge in [0.05, 0.1) is 37.6 Å². The van der Waals surface area contributed by atoms with E-state index in [4.69, 9.17) is 30.8 Å². The molecule has 0 spiro atoms. The number of nitrogens with zero attached hydrogens (tertiary/aromatic N) is 3. The van der Waals surface area contributed by atoms with Crippen LogP contribution >= 0.6 is 22.9 Å². The van der Waals surface area contributed by atoms with E-state index >= 15 is 0 Å². The van der Waals surface area contributed by atoms with Crippen LogP contribution < -0.4 is 19.1 Å². The third-order valence-corrected chi connectivity index (χ3v) is 9.37. The number of thiazole rings is 1. The number of aromatic nitrogens is 1. The summed E-state index contributed by atoms with van der Waals surface area (Å²) in [5.41, 5.74) is 0.650. The molecule has 1 aliphatic rings. The number of ether oxygens (including phenoxy) is 3. The van der Waals surface area contributed by atoms with E-state index in [1.807, 2.05) is 22.4 Å². The monoisotopic (exact) mass is 591 g/mol. The molecule has 8 nitrogen and oxygen atoms in total. The number of halogens is 4. The Balaban J connectivity index is 1.45. The molecule has 0 aliphatic carbocycles. The van der Waals surface area contributed by atoms with Gasteiger partial charge in [-0.25, -0.2) is 13.4 Å². The first-order chi connectivity index (χ1) is 18.0. The summed E-state index contributed by atoms with van der Waals surface area (Å²) in [5, 5.41) is 2.39. The van der Waals surface area contributed by atoms with Crippen LogP contribution in [0, 0.1) is 0 Å². The Morgan fingerprint density at radius 3 is 2.18 bits per heavy atom. The van der Waals surface area contributed by atoms with E-state index < -0.39 is 26.7 Å². The van der Waals surface area contributed by atoms with Crippen molar-refractivity contribution in [1.29, 1.82) is 0 Å². The smallest absolute Gasteiger partial charge is 0.416 e. The second-order valence-corrected chi connectivity index (χ2v) is 11.5. The van der Waals surface area contributed by atoms with Gasteiger partial charge in [0.2, 0.25) is 15.8 Å². The Bertz CT molecular complexity index is 1380. The molecule has 3 aromatic rings. The summed E-state index contributed by atoms with van der Waals surface area (Å²) in [6, 6.07) is 6.00. The standard InChI is InChI=1S/C24H25ClF3N3O5S2/c1-34-19-11-15(12-20(35-2)22(19)36-3)10-17-14-37-23(29-17)30-6-8-31(9-7-30)38(32,33)21-13-16(24(26,27)28)4-5-18(21)25/h4-5,11-14H,6-10H2,1-3H3. The van der Waals surface area contributed by atoms with Gasteiger partial charge in [-0.1, -0.05) is 11.6 Å². The fourth-order valence-electron chi connectivity index (χ4n) is 4.11. The summed E-state index contributed by atoms with van der Waals surface area (Å²) in [4.78, 5) is 6.09. The van der Waals surface area contributed by atoms with Crippen LogP contribution in [0.1, 0.15) is 16.8 Å². The first-order valence-corrected chi connectivity index (χ1v) is 14.0. The van der Waals surface area contributed by atoms with Crippen molar-refractivity contribution in [3.05, 3.63) is 57.6 Å². The van der Waals surface area contributed by atoms with Crippen molar-refractivity contribution in [3.63, 3.8) is 0 Å². The van der Waals surface area contributed by atoms with Gasteiger partial charge in [0.1, 0.15) is 4.90 Å². The topological polar surface area (TPSA) is 81.2 Å². The highest BCUT2D eigenvalue weighted by molar-refractivity contribution is 7.89. The number of hydrogen-bond acceptors (Lipinski definition) is 8. The van der Waals surface area contributed by atoms with E-state index in [1.54, 1.807) is 14.2 Å². The highest BCUT2D eigenvalue weighted by atomic mass is 35.5. The molecule has 0 amide bonds. The average Bonchev–Trinajstić information content (AvgIpc) is 3.36. The zero-order chi connectivity index (χ0) is 27.7. The lowest BCUT2D eigenvalue weighted by Crippen LogP contribution is -2.48. The van der Waals surface area contributed by atoms with E-state index in [1.165, 1.54) is 18.4 Å². The number of anilines is 1. The minimum absolute atomic E-state index is 0.0801. The number of piperazine rings is 1. The molecule has 2 aromatic carbocycles. The van der Waals surface area contributed by atoms with E-state index in [2.05, 4.69) is 0 Å². The molecule has 1 fully saturated rings. The highest BCUT2D eigenvalue weighted by Gasteiger charge is 2.35. The van der Waals surface area contributed by atoms with Crippen molar-refractivity contribution in [2.75, 3.05) is 52.4 Å². The highest BCUT2D eigenvalue weighted by Crippen LogP contribution is 2.39. The zero-order valence-corrected chi connectivity index (χ0v) is 23.1. The third kappa shape index (κ3) is 5.80. The van der Waals surface area contributed by atoms with Crippen molar-refractivity contribution < 1.29 is 35.8 Å². The quantitative estimate of drug-likeness (QED) is 0.367. The van der Waals surface area contributed by atoms with Gasteiger partial charge in [-0.05, 0) is 35.9 Å². The van der Waals surface area contributed by atoms with Crippen LogP contribution in [0.2, 0.25) is 5.02 Å². The lowest BCUT2D eigenvalue weighted by atomic mass is 10.1. The molecule has 0 bridgehead atoms. The summed E-state index contributed by atoms with van der Waals surface area (Å²) in [7, 11) is 0.411. The normalized spacial score (nSPS) is 15.0. The predicted molar refractivity (Wildman–Crippen MR) is 138 cm³/mol. The van der Waals surface area contributed by atoms with Gasteiger partial charge in [-0.3, -0.25) is 0 Å². The van der Waals surface area contributed by atoms with E-state index in [9.17, 15) is 21.6 Å². The number of methoxy groups -OCH3 is 3. The molecule has 0 unspecified atom stereocenters. The second-order valence-electron chi connectivity index (χ2n) is 8.37. The summed E-state index contributed by atoms with van der Waals surface area (Å²) >= 11 is 7.41. The minimum Gasteiger partial charge on any atom is -0.493 e. The van der Waals surface area contributed by atoms with E-state index in [-0.39, 0.29) is 18.1 Å². The lowest BCUT2D eigenvalue weighted by molar-refractivity contribution is -0.137. The fraction of sp³-hybridized carbons (Fsp3) is 0.375. The van der Waals surface area contributed by atoms with Crippen LogP contribution in [0.15, 0.2) is 40.6 Å². The number of rotatable bonds is 8. The van der Waals surface area contributed by atoms with Crippen LogP contribution in [0.4, 0.5) is 18.3 Å². The average molecular weight is 592 g/mol. The molecule has 0 saturated carbocycles. The molecule has 4 rings (SSSR count). The van der Waals surface area contributed by atoms with Crippen LogP contribution in [0.25, 0.3) is 0 Å². The molecule has 38 heavy (non-hydrogen) atoms. The van der Waals surface area contributed by atoms with Gasteiger partial charge >= 0.3 is 6.18 Å². The summed E-state index contributed by atoms with van der Waals surface area (Å²) in [6.45, 7) is 0.813. The second kappa shape index (κ2) is 11.2. The van der Waals surface area contributed by atoms with E-state index in [0.717, 1.165) is 32.8 Å². The largest absolute Gasteiger partial charge is 0.493 e. The number of sulfonamides is 1. The molecule has 1 saturated heterocycles. The zero-order valence-electron chi connectivity index (χ0n) is 20.7. The Labute approximate surface area is 227 Å². The first kappa shape index (κ1) is 28.3. The number of benzene rings is 2. The minimum atomic E-state index is -4.68. The van der Waals surface area contributed by atoms with Crippen molar-refractivity contribution in [3.8, 4) is 17.2 Å². The first-order valence-electron chi connectivity index (χ1n) is 11.3. The summed E-state index contributed by atoms with van der Waals surface area (Å²) in [6.07, 6.45) is -4.17. The Hall–Kier alpha value is -2.74. The number of hydrogen-bond donors (Lipinski definition) is 0. The van der Waals surface area contributed by atoms with Gasteiger partial charge in [0.15, 0.2) is 16.6 Å². The molecule has 1 aromatic heterocycles. The van der Waals surface area contributed by atoms with Crippen LogP contribution in [-0.2, 0) is 22.6 Å². The van der Waals surface area contributed by atoms with Gasteiger partial charge < -0.3 is 19.1 Å². The van der Waals surface area contributed by atoms with Crippen LogP contribution in [-0.4, -0.2) is 65.2 Å². The molecule has 2 heterocycles. The van der Waals surface area contributed by atoms with Crippen LogP contribution in [0.3, 0.4) is 0 Å².